The number of carbonyl (C=O) groups excluding carboxylic acids is 1. The second-order valence-electron chi connectivity index (χ2n) is 8.13. The number of nitro benzene ring substituents is 1. The van der Waals surface area contributed by atoms with Gasteiger partial charge in [0, 0.05) is 29.9 Å². The van der Waals surface area contributed by atoms with E-state index in [1.807, 2.05) is 12.1 Å². The van der Waals surface area contributed by atoms with Gasteiger partial charge < -0.3 is 19.6 Å². The van der Waals surface area contributed by atoms with Crippen LogP contribution < -0.4 is 9.64 Å². The monoisotopic (exact) mass is 507 g/mol. The molecule has 0 fully saturated rings. The minimum absolute atomic E-state index is 0.123. The molecule has 1 amide bonds. The van der Waals surface area contributed by atoms with Crippen molar-refractivity contribution in [3.8, 4) is 5.75 Å². The van der Waals surface area contributed by atoms with Crippen molar-refractivity contribution in [3.05, 3.63) is 111 Å². The van der Waals surface area contributed by atoms with Gasteiger partial charge in [0.2, 0.25) is 5.91 Å². The summed E-state index contributed by atoms with van der Waals surface area (Å²) in [6.45, 7) is 0.296. The predicted octanol–water partition coefficient (Wildman–Crippen LogP) is 4.89. The summed E-state index contributed by atoms with van der Waals surface area (Å²) in [6.07, 6.45) is 3.42. The zero-order valence-corrected chi connectivity index (χ0v) is 20.0. The molecule has 9 nitrogen and oxygen atoms in total. The van der Waals surface area contributed by atoms with E-state index in [9.17, 15) is 24.8 Å². The second kappa shape index (κ2) is 10.5. The molecule has 184 valence electrons. The van der Waals surface area contributed by atoms with Gasteiger partial charge in [-0.3, -0.25) is 14.9 Å². The van der Waals surface area contributed by atoms with Gasteiger partial charge in [0.1, 0.15) is 17.5 Å². The molecule has 0 aromatic heterocycles. The highest BCUT2D eigenvalue weighted by Crippen LogP contribution is 2.34. The lowest BCUT2D eigenvalue weighted by Crippen LogP contribution is -2.49. The van der Waals surface area contributed by atoms with E-state index < -0.39 is 22.6 Å². The van der Waals surface area contributed by atoms with Crippen LogP contribution in [0, 0.1) is 10.1 Å². The molecule has 1 N–H and O–H groups in total. The lowest BCUT2D eigenvalue weighted by molar-refractivity contribution is -0.384. The number of benzene rings is 3. The SMILES string of the molecule is COc1ccc(CN2C=CN(c3ccc(C(=O)O)cc3[N+](=O)[O-])[C@@H](Cc3ccc(Cl)cc3)C2=O)cc1. The van der Waals surface area contributed by atoms with Gasteiger partial charge in [-0.05, 0) is 47.5 Å². The Kier molecular flexibility index (Phi) is 7.21. The average Bonchev–Trinajstić information content (AvgIpc) is 2.87. The zero-order valence-electron chi connectivity index (χ0n) is 19.2. The molecule has 1 heterocycles. The third kappa shape index (κ3) is 5.31. The van der Waals surface area contributed by atoms with Crippen LogP contribution in [-0.4, -0.2) is 40.0 Å². The lowest BCUT2D eigenvalue weighted by atomic mass is 10.0. The van der Waals surface area contributed by atoms with E-state index >= 15 is 0 Å². The summed E-state index contributed by atoms with van der Waals surface area (Å²) >= 11 is 6.01. The summed E-state index contributed by atoms with van der Waals surface area (Å²) in [6, 6.07) is 17.2. The van der Waals surface area contributed by atoms with Crippen LogP contribution in [0.1, 0.15) is 21.5 Å². The van der Waals surface area contributed by atoms with Crippen LogP contribution >= 0.6 is 11.6 Å². The maximum atomic E-state index is 13.7. The fourth-order valence-electron chi connectivity index (χ4n) is 4.00. The summed E-state index contributed by atoms with van der Waals surface area (Å²) in [5.74, 6) is -0.846. The second-order valence-corrected chi connectivity index (χ2v) is 8.57. The number of nitro groups is 1. The maximum Gasteiger partial charge on any atom is 0.335 e. The Balaban J connectivity index is 1.72. The molecule has 0 unspecified atom stereocenters. The van der Waals surface area contributed by atoms with Crippen molar-refractivity contribution >= 4 is 34.9 Å². The Morgan fingerprint density at radius 3 is 2.33 bits per heavy atom. The first-order valence-electron chi connectivity index (χ1n) is 10.9. The fraction of sp³-hybridized carbons (Fsp3) is 0.154. The van der Waals surface area contributed by atoms with E-state index in [-0.39, 0.29) is 23.6 Å². The number of methoxy groups -OCH3 is 1. The first kappa shape index (κ1) is 24.7. The van der Waals surface area contributed by atoms with Gasteiger partial charge in [-0.15, -0.1) is 0 Å². The number of anilines is 1. The third-order valence-corrected chi connectivity index (χ3v) is 6.11. The van der Waals surface area contributed by atoms with Gasteiger partial charge in [0.25, 0.3) is 5.69 Å². The van der Waals surface area contributed by atoms with Gasteiger partial charge in [-0.25, -0.2) is 4.79 Å². The van der Waals surface area contributed by atoms with Crippen LogP contribution in [0.4, 0.5) is 11.4 Å². The number of aromatic carboxylic acids is 1. The summed E-state index contributed by atoms with van der Waals surface area (Å²) in [7, 11) is 1.57. The quantitative estimate of drug-likeness (QED) is 0.341. The van der Waals surface area contributed by atoms with Gasteiger partial charge in [0.05, 0.1) is 24.1 Å². The number of hydrogen-bond acceptors (Lipinski definition) is 6. The lowest BCUT2D eigenvalue weighted by Gasteiger charge is -2.37. The molecule has 1 aliphatic heterocycles. The Hall–Kier alpha value is -4.37. The molecule has 36 heavy (non-hydrogen) atoms. The molecule has 0 saturated heterocycles. The average molecular weight is 508 g/mol. The number of rotatable bonds is 8. The van der Waals surface area contributed by atoms with Crippen LogP contribution in [0.15, 0.2) is 79.1 Å². The van der Waals surface area contributed by atoms with Crippen molar-refractivity contribution in [2.75, 3.05) is 12.0 Å². The molecule has 0 radical (unpaired) electrons. The molecule has 0 aliphatic carbocycles. The van der Waals surface area contributed by atoms with Crippen molar-refractivity contribution < 1.29 is 24.4 Å². The number of halogens is 1. The smallest absolute Gasteiger partial charge is 0.335 e. The molecular formula is C26H22ClN3O6. The number of nitrogens with zero attached hydrogens (tertiary/aromatic N) is 3. The van der Waals surface area contributed by atoms with Gasteiger partial charge in [-0.2, -0.15) is 0 Å². The fourth-order valence-corrected chi connectivity index (χ4v) is 4.12. The normalized spacial score (nSPS) is 15.2. The van der Waals surface area contributed by atoms with E-state index in [1.54, 1.807) is 60.8 Å². The first-order chi connectivity index (χ1) is 17.3. The van der Waals surface area contributed by atoms with Gasteiger partial charge in [-0.1, -0.05) is 35.9 Å². The van der Waals surface area contributed by atoms with Crippen LogP contribution in [-0.2, 0) is 17.8 Å². The Morgan fingerprint density at radius 1 is 1.06 bits per heavy atom. The number of carboxylic acid groups (broad SMARTS) is 1. The third-order valence-electron chi connectivity index (χ3n) is 5.86. The largest absolute Gasteiger partial charge is 0.497 e. The molecule has 3 aromatic rings. The summed E-state index contributed by atoms with van der Waals surface area (Å²) in [5, 5.41) is 21.7. The van der Waals surface area contributed by atoms with E-state index in [2.05, 4.69) is 0 Å². The minimum Gasteiger partial charge on any atom is -0.497 e. The van der Waals surface area contributed by atoms with Crippen molar-refractivity contribution in [2.45, 2.75) is 19.0 Å². The number of ether oxygens (including phenoxy) is 1. The highest BCUT2D eigenvalue weighted by atomic mass is 35.5. The Labute approximate surface area is 211 Å². The molecule has 0 spiro atoms. The topological polar surface area (TPSA) is 113 Å². The van der Waals surface area contributed by atoms with Crippen molar-refractivity contribution in [1.82, 2.24) is 4.90 Å². The first-order valence-corrected chi connectivity index (χ1v) is 11.3. The van der Waals surface area contributed by atoms with E-state index in [0.29, 0.717) is 17.3 Å². The van der Waals surface area contributed by atoms with E-state index in [0.717, 1.165) is 17.2 Å². The van der Waals surface area contributed by atoms with Crippen molar-refractivity contribution in [1.29, 1.82) is 0 Å². The zero-order chi connectivity index (χ0) is 25.8. The number of carbonyl (C=O) groups is 2. The van der Waals surface area contributed by atoms with Crippen LogP contribution in [0.3, 0.4) is 0 Å². The molecule has 0 saturated carbocycles. The highest BCUT2D eigenvalue weighted by molar-refractivity contribution is 6.30. The standard InChI is InChI=1S/C26H22ClN3O6/c1-36-21-9-4-18(5-10-21)16-28-12-13-29(22-11-6-19(26(32)33)15-23(22)30(34)35)24(25(28)31)14-17-2-7-20(27)8-3-17/h2-13,15,24H,14,16H2,1H3,(H,32,33)/t24-/m0/s1. The molecule has 3 aromatic carbocycles. The molecule has 0 bridgehead atoms. The molecule has 4 rings (SSSR count). The minimum atomic E-state index is -1.28. The predicted molar refractivity (Wildman–Crippen MR) is 134 cm³/mol. The summed E-state index contributed by atoms with van der Waals surface area (Å²) in [5.41, 5.74) is 1.19. The Bertz CT molecular complexity index is 1320. The summed E-state index contributed by atoms with van der Waals surface area (Å²) in [4.78, 5) is 39.3. The Morgan fingerprint density at radius 2 is 1.72 bits per heavy atom. The molecule has 10 heteroatoms. The number of amides is 1. The van der Waals surface area contributed by atoms with E-state index in [1.165, 1.54) is 17.0 Å². The van der Waals surface area contributed by atoms with Crippen LogP contribution in [0.2, 0.25) is 5.02 Å². The number of carboxylic acids is 1. The highest BCUT2D eigenvalue weighted by Gasteiger charge is 2.35. The summed E-state index contributed by atoms with van der Waals surface area (Å²) < 4.78 is 5.19. The number of hydrogen-bond donors (Lipinski definition) is 1. The van der Waals surface area contributed by atoms with Gasteiger partial charge >= 0.3 is 5.97 Å². The molecule has 1 aliphatic rings. The van der Waals surface area contributed by atoms with Crippen LogP contribution in [0.25, 0.3) is 0 Å². The molecule has 1 atom stereocenters. The van der Waals surface area contributed by atoms with Crippen molar-refractivity contribution in [3.63, 3.8) is 0 Å². The van der Waals surface area contributed by atoms with Crippen LogP contribution in [0.5, 0.6) is 5.75 Å². The van der Waals surface area contributed by atoms with E-state index in [4.69, 9.17) is 16.3 Å². The maximum absolute atomic E-state index is 13.7. The van der Waals surface area contributed by atoms with Crippen molar-refractivity contribution in [2.24, 2.45) is 0 Å². The molecular weight excluding hydrogens is 486 g/mol. The van der Waals surface area contributed by atoms with Gasteiger partial charge in [0.15, 0.2) is 0 Å².